The Kier molecular flexibility index (Phi) is 3.76. The van der Waals surface area contributed by atoms with Crippen molar-refractivity contribution < 1.29 is 9.21 Å². The predicted molar refractivity (Wildman–Crippen MR) is 104 cm³/mol. The predicted octanol–water partition coefficient (Wildman–Crippen LogP) is 3.97. The van der Waals surface area contributed by atoms with Gasteiger partial charge < -0.3 is 9.73 Å². The Morgan fingerprint density at radius 3 is 2.74 bits per heavy atom. The number of aryl methyl sites for hydroxylation is 2. The summed E-state index contributed by atoms with van der Waals surface area (Å²) in [5.74, 6) is 0.363. The normalized spacial score (nSPS) is 12.0. The number of oxazole rings is 1. The summed E-state index contributed by atoms with van der Waals surface area (Å²) in [7, 11) is 1.86. The molecule has 138 valence electrons. The highest BCUT2D eigenvalue weighted by Gasteiger charge is 2.23. The molecule has 3 aromatic heterocycles. The first-order valence-corrected chi connectivity index (χ1v) is 8.74. The quantitative estimate of drug-likeness (QED) is 0.582. The molecule has 0 aliphatic heterocycles. The van der Waals surface area contributed by atoms with Crippen LogP contribution in [0.3, 0.4) is 0 Å². The molecule has 0 aliphatic carbocycles. The minimum atomic E-state index is -0.229. The van der Waals surface area contributed by atoms with Crippen LogP contribution in [-0.2, 0) is 12.5 Å². The Labute approximate surface area is 156 Å². The van der Waals surface area contributed by atoms with Crippen LogP contribution in [0.4, 0.5) is 5.69 Å². The first kappa shape index (κ1) is 17.2. The zero-order valence-electron chi connectivity index (χ0n) is 16.0. The Morgan fingerprint density at radius 1 is 1.22 bits per heavy atom. The summed E-state index contributed by atoms with van der Waals surface area (Å²) in [6.07, 6.45) is 1.57. The smallest absolute Gasteiger partial charge is 0.257 e. The van der Waals surface area contributed by atoms with Crippen LogP contribution in [0.25, 0.3) is 22.1 Å². The molecule has 0 spiro atoms. The molecule has 0 unspecified atom stereocenters. The number of benzene rings is 1. The van der Waals surface area contributed by atoms with Crippen molar-refractivity contribution in [1.29, 1.82) is 0 Å². The number of rotatable bonds is 2. The van der Waals surface area contributed by atoms with Gasteiger partial charge in [0.2, 0.25) is 0 Å². The summed E-state index contributed by atoms with van der Waals surface area (Å²) >= 11 is 0. The number of aromatic nitrogens is 4. The molecule has 7 heteroatoms. The lowest BCUT2D eigenvalue weighted by Crippen LogP contribution is -2.14. The SMILES string of the molecule is Cc1nc2cc(NC(=O)c3cnc4c(c3)c(C(C)(C)C)nn4C)ccc2o1. The van der Waals surface area contributed by atoms with Gasteiger partial charge in [-0.1, -0.05) is 20.8 Å². The number of fused-ring (bicyclic) bond motifs is 2. The monoisotopic (exact) mass is 363 g/mol. The van der Waals surface area contributed by atoms with Gasteiger partial charge in [-0.15, -0.1) is 0 Å². The summed E-state index contributed by atoms with van der Waals surface area (Å²) in [6.45, 7) is 8.07. The van der Waals surface area contributed by atoms with E-state index in [2.05, 4.69) is 41.2 Å². The standard InChI is InChI=1S/C20H21N5O2/c1-11-22-15-9-13(6-7-16(15)27-11)23-19(26)12-8-14-17(20(2,3)4)24-25(5)18(14)21-10-12/h6-10H,1-5H3,(H,23,26). The molecule has 1 aromatic carbocycles. The number of carbonyl (C=O) groups excluding carboxylic acids is 1. The van der Waals surface area contributed by atoms with Gasteiger partial charge in [-0.3, -0.25) is 9.48 Å². The van der Waals surface area contributed by atoms with E-state index in [-0.39, 0.29) is 11.3 Å². The molecule has 1 N–H and O–H groups in total. The summed E-state index contributed by atoms with van der Waals surface area (Å²) < 4.78 is 7.21. The zero-order valence-corrected chi connectivity index (χ0v) is 16.0. The molecule has 0 radical (unpaired) electrons. The number of hydrogen-bond donors (Lipinski definition) is 1. The van der Waals surface area contributed by atoms with Crippen LogP contribution in [0.5, 0.6) is 0 Å². The van der Waals surface area contributed by atoms with E-state index in [1.807, 2.05) is 13.1 Å². The van der Waals surface area contributed by atoms with E-state index < -0.39 is 0 Å². The number of carbonyl (C=O) groups is 1. The van der Waals surface area contributed by atoms with Gasteiger partial charge in [0, 0.05) is 36.7 Å². The molecular weight excluding hydrogens is 342 g/mol. The van der Waals surface area contributed by atoms with Crippen molar-refractivity contribution in [2.24, 2.45) is 7.05 Å². The fraction of sp³-hybridized carbons (Fsp3) is 0.300. The van der Waals surface area contributed by atoms with Gasteiger partial charge >= 0.3 is 0 Å². The van der Waals surface area contributed by atoms with Crippen LogP contribution in [0.15, 0.2) is 34.9 Å². The average molecular weight is 363 g/mol. The van der Waals surface area contributed by atoms with Crippen molar-refractivity contribution in [2.75, 3.05) is 5.32 Å². The van der Waals surface area contributed by atoms with E-state index in [4.69, 9.17) is 4.42 Å². The van der Waals surface area contributed by atoms with Crippen LogP contribution >= 0.6 is 0 Å². The molecule has 0 saturated heterocycles. The lowest BCUT2D eigenvalue weighted by molar-refractivity contribution is 0.102. The van der Waals surface area contributed by atoms with Gasteiger partial charge in [-0.2, -0.15) is 5.10 Å². The van der Waals surface area contributed by atoms with Crippen LogP contribution in [0.1, 0.15) is 42.7 Å². The highest BCUT2D eigenvalue weighted by molar-refractivity contribution is 6.06. The molecule has 0 bridgehead atoms. The van der Waals surface area contributed by atoms with E-state index >= 15 is 0 Å². The number of hydrogen-bond acceptors (Lipinski definition) is 5. The Morgan fingerprint density at radius 2 is 2.00 bits per heavy atom. The second kappa shape index (κ2) is 5.90. The van der Waals surface area contributed by atoms with E-state index in [9.17, 15) is 4.79 Å². The van der Waals surface area contributed by atoms with E-state index in [0.29, 0.717) is 28.2 Å². The van der Waals surface area contributed by atoms with Gasteiger partial charge in [0.25, 0.3) is 5.91 Å². The maximum atomic E-state index is 12.7. The van der Waals surface area contributed by atoms with Crippen molar-refractivity contribution >= 4 is 33.7 Å². The molecule has 3 heterocycles. The van der Waals surface area contributed by atoms with Crippen molar-refractivity contribution in [1.82, 2.24) is 19.7 Å². The summed E-state index contributed by atoms with van der Waals surface area (Å²) in [5, 5.41) is 8.38. The van der Waals surface area contributed by atoms with Gasteiger partial charge in [-0.25, -0.2) is 9.97 Å². The van der Waals surface area contributed by atoms with E-state index in [0.717, 1.165) is 16.7 Å². The lowest BCUT2D eigenvalue weighted by atomic mass is 9.90. The minimum Gasteiger partial charge on any atom is -0.441 e. The van der Waals surface area contributed by atoms with Crippen LogP contribution in [-0.4, -0.2) is 25.7 Å². The average Bonchev–Trinajstić information content (AvgIpc) is 3.13. The largest absolute Gasteiger partial charge is 0.441 e. The van der Waals surface area contributed by atoms with Crippen LogP contribution in [0, 0.1) is 6.92 Å². The summed E-state index contributed by atoms with van der Waals surface area (Å²) in [5.41, 5.74) is 4.07. The second-order valence-electron chi connectivity index (χ2n) is 7.69. The molecule has 27 heavy (non-hydrogen) atoms. The first-order valence-electron chi connectivity index (χ1n) is 8.74. The summed E-state index contributed by atoms with van der Waals surface area (Å²) in [6, 6.07) is 7.23. The molecule has 4 rings (SSSR count). The van der Waals surface area contributed by atoms with Gasteiger partial charge in [0.15, 0.2) is 17.1 Å². The summed E-state index contributed by atoms with van der Waals surface area (Å²) in [4.78, 5) is 21.5. The number of anilines is 1. The Balaban J connectivity index is 1.69. The molecule has 1 amide bonds. The van der Waals surface area contributed by atoms with Crippen molar-refractivity contribution in [3.05, 3.63) is 47.6 Å². The van der Waals surface area contributed by atoms with Crippen LogP contribution in [0.2, 0.25) is 0 Å². The third kappa shape index (κ3) is 3.05. The second-order valence-corrected chi connectivity index (χ2v) is 7.69. The Hall–Kier alpha value is -3.22. The number of nitrogens with zero attached hydrogens (tertiary/aromatic N) is 4. The Bertz CT molecular complexity index is 1180. The van der Waals surface area contributed by atoms with Crippen molar-refractivity contribution in [2.45, 2.75) is 33.1 Å². The lowest BCUT2D eigenvalue weighted by Gasteiger charge is -2.15. The topological polar surface area (TPSA) is 85.8 Å². The van der Waals surface area contributed by atoms with Crippen molar-refractivity contribution in [3.63, 3.8) is 0 Å². The first-order chi connectivity index (χ1) is 12.7. The fourth-order valence-electron chi connectivity index (χ4n) is 3.14. The third-order valence-corrected chi connectivity index (χ3v) is 4.40. The van der Waals surface area contributed by atoms with Gasteiger partial charge in [0.05, 0.1) is 11.3 Å². The highest BCUT2D eigenvalue weighted by Crippen LogP contribution is 2.29. The fourth-order valence-corrected chi connectivity index (χ4v) is 3.14. The van der Waals surface area contributed by atoms with Gasteiger partial charge in [0.1, 0.15) is 5.52 Å². The zero-order chi connectivity index (χ0) is 19.3. The molecule has 0 saturated carbocycles. The number of nitrogens with one attached hydrogen (secondary N) is 1. The van der Waals surface area contributed by atoms with Gasteiger partial charge in [-0.05, 0) is 24.3 Å². The minimum absolute atomic E-state index is 0.147. The van der Waals surface area contributed by atoms with Crippen molar-refractivity contribution in [3.8, 4) is 0 Å². The number of amides is 1. The molecule has 0 aliphatic rings. The molecule has 0 atom stereocenters. The molecule has 7 nitrogen and oxygen atoms in total. The van der Waals surface area contributed by atoms with E-state index in [1.165, 1.54) is 0 Å². The number of pyridine rings is 1. The molecule has 0 fully saturated rings. The maximum absolute atomic E-state index is 12.7. The highest BCUT2D eigenvalue weighted by atomic mass is 16.3. The third-order valence-electron chi connectivity index (χ3n) is 4.40. The molecule has 4 aromatic rings. The molecular formula is C20H21N5O2. The van der Waals surface area contributed by atoms with E-state index in [1.54, 1.807) is 36.0 Å². The van der Waals surface area contributed by atoms with Crippen LogP contribution < -0.4 is 5.32 Å². The maximum Gasteiger partial charge on any atom is 0.257 e.